The molecule has 0 bridgehead atoms. The first-order valence-corrected chi connectivity index (χ1v) is 13.7. The molecule has 1 saturated heterocycles. The minimum Gasteiger partial charge on any atom is -0.335 e. The standard InChI is InChI=1S/C28H25FN4O4S/c29-23-10-12-24(13-11-23)31-28(35)33-17-15-32(16-18-33)27(34)22-8-6-20(7-9-22)19-38(36,37)25-5-1-3-21-4-2-14-30-26(21)25/h1-14H,15-19H2,(H,31,35). The van der Waals surface area contributed by atoms with E-state index < -0.39 is 9.84 Å². The van der Waals surface area contributed by atoms with Gasteiger partial charge in [0.2, 0.25) is 0 Å². The van der Waals surface area contributed by atoms with Crippen LogP contribution in [-0.2, 0) is 15.6 Å². The quantitative estimate of drug-likeness (QED) is 0.412. The molecule has 38 heavy (non-hydrogen) atoms. The normalized spacial score (nSPS) is 13.9. The Morgan fingerprint density at radius 1 is 0.842 bits per heavy atom. The number of hydrogen-bond acceptors (Lipinski definition) is 5. The number of sulfone groups is 1. The monoisotopic (exact) mass is 532 g/mol. The first-order chi connectivity index (χ1) is 18.3. The van der Waals surface area contributed by atoms with Crippen molar-refractivity contribution in [1.82, 2.24) is 14.8 Å². The predicted molar refractivity (Wildman–Crippen MR) is 142 cm³/mol. The summed E-state index contributed by atoms with van der Waals surface area (Å²) in [6.45, 7) is 1.43. The average Bonchev–Trinajstić information content (AvgIpc) is 2.94. The highest BCUT2D eigenvalue weighted by Gasteiger charge is 2.25. The lowest BCUT2D eigenvalue weighted by molar-refractivity contribution is 0.0671. The van der Waals surface area contributed by atoms with Gasteiger partial charge < -0.3 is 15.1 Å². The van der Waals surface area contributed by atoms with Crippen LogP contribution in [0.1, 0.15) is 15.9 Å². The van der Waals surface area contributed by atoms with Gasteiger partial charge in [-0.15, -0.1) is 0 Å². The van der Waals surface area contributed by atoms with Crippen LogP contribution in [-0.4, -0.2) is 61.3 Å². The molecule has 2 heterocycles. The van der Waals surface area contributed by atoms with Crippen molar-refractivity contribution < 1.29 is 22.4 Å². The summed E-state index contributed by atoms with van der Waals surface area (Å²) in [5, 5.41) is 3.48. The topological polar surface area (TPSA) is 99.7 Å². The van der Waals surface area contributed by atoms with E-state index in [9.17, 15) is 22.4 Å². The Balaban J connectivity index is 1.19. The summed E-state index contributed by atoms with van der Waals surface area (Å²) >= 11 is 0. The number of nitrogens with one attached hydrogen (secondary N) is 1. The average molecular weight is 533 g/mol. The molecule has 1 aromatic heterocycles. The molecule has 0 saturated carbocycles. The maximum atomic E-state index is 13.1. The summed E-state index contributed by atoms with van der Waals surface area (Å²) in [5.41, 5.74) is 1.94. The van der Waals surface area contributed by atoms with Crippen LogP contribution in [0.2, 0.25) is 0 Å². The van der Waals surface area contributed by atoms with Gasteiger partial charge in [-0.25, -0.2) is 17.6 Å². The number of urea groups is 1. The summed E-state index contributed by atoms with van der Waals surface area (Å²) in [7, 11) is -3.65. The van der Waals surface area contributed by atoms with Crippen LogP contribution < -0.4 is 5.32 Å². The van der Waals surface area contributed by atoms with E-state index in [2.05, 4.69) is 10.3 Å². The Hall–Kier alpha value is -4.31. The van der Waals surface area contributed by atoms with Gasteiger partial charge in [0.25, 0.3) is 5.91 Å². The molecular formula is C28H25FN4O4S. The number of carbonyl (C=O) groups excluding carboxylic acids is 2. The Kier molecular flexibility index (Phi) is 7.06. The van der Waals surface area contributed by atoms with E-state index in [0.717, 1.165) is 5.39 Å². The number of piperazine rings is 1. The predicted octanol–water partition coefficient (Wildman–Crippen LogP) is 4.34. The van der Waals surface area contributed by atoms with Crippen molar-refractivity contribution >= 4 is 38.4 Å². The number of halogens is 1. The lowest BCUT2D eigenvalue weighted by Crippen LogP contribution is -2.51. The van der Waals surface area contributed by atoms with Crippen LogP contribution >= 0.6 is 0 Å². The van der Waals surface area contributed by atoms with Gasteiger partial charge in [-0.1, -0.05) is 30.3 Å². The zero-order chi connectivity index (χ0) is 26.7. The van der Waals surface area contributed by atoms with E-state index in [1.165, 1.54) is 24.3 Å². The number of aromatic nitrogens is 1. The molecule has 1 fully saturated rings. The van der Waals surface area contributed by atoms with Gasteiger partial charge in [0, 0.05) is 49.0 Å². The summed E-state index contributed by atoms with van der Waals surface area (Å²) in [6, 6.07) is 20.4. The second kappa shape index (κ2) is 10.6. The van der Waals surface area contributed by atoms with Crippen LogP contribution in [0, 0.1) is 5.82 Å². The highest BCUT2D eigenvalue weighted by molar-refractivity contribution is 7.90. The Morgan fingerprint density at radius 3 is 2.21 bits per heavy atom. The van der Waals surface area contributed by atoms with E-state index in [4.69, 9.17) is 0 Å². The summed E-state index contributed by atoms with van der Waals surface area (Å²) < 4.78 is 39.3. The molecule has 194 valence electrons. The maximum Gasteiger partial charge on any atom is 0.321 e. The third-order valence-electron chi connectivity index (χ3n) is 6.44. The second-order valence-electron chi connectivity index (χ2n) is 9.00. The number of pyridine rings is 1. The molecule has 5 rings (SSSR count). The van der Waals surface area contributed by atoms with Crippen molar-refractivity contribution in [2.45, 2.75) is 10.6 Å². The van der Waals surface area contributed by atoms with Gasteiger partial charge in [0.1, 0.15) is 5.82 Å². The Bertz CT molecular complexity index is 1580. The van der Waals surface area contributed by atoms with Gasteiger partial charge >= 0.3 is 6.03 Å². The van der Waals surface area contributed by atoms with Crippen LogP contribution in [0.3, 0.4) is 0 Å². The van der Waals surface area contributed by atoms with E-state index in [1.807, 2.05) is 12.1 Å². The molecule has 1 aliphatic rings. The highest BCUT2D eigenvalue weighted by Crippen LogP contribution is 2.24. The summed E-state index contributed by atoms with van der Waals surface area (Å²) in [4.78, 5) is 33.2. The molecule has 10 heteroatoms. The number of benzene rings is 3. The smallest absolute Gasteiger partial charge is 0.321 e. The van der Waals surface area contributed by atoms with Crippen molar-refractivity contribution in [3.63, 3.8) is 0 Å². The molecule has 0 unspecified atom stereocenters. The zero-order valence-electron chi connectivity index (χ0n) is 20.4. The number of anilines is 1. The van der Waals surface area contributed by atoms with Gasteiger partial charge in [0.15, 0.2) is 9.84 Å². The molecular weight excluding hydrogens is 507 g/mol. The first kappa shape index (κ1) is 25.3. The number of amides is 3. The minimum absolute atomic E-state index is 0.178. The van der Waals surface area contributed by atoms with Crippen LogP contribution in [0.4, 0.5) is 14.9 Å². The molecule has 1 aliphatic heterocycles. The zero-order valence-corrected chi connectivity index (χ0v) is 21.2. The minimum atomic E-state index is -3.65. The molecule has 0 aliphatic carbocycles. The van der Waals surface area contributed by atoms with Crippen molar-refractivity contribution in [2.24, 2.45) is 0 Å². The number of fused-ring (bicyclic) bond motifs is 1. The molecule has 0 radical (unpaired) electrons. The van der Waals surface area contributed by atoms with E-state index in [-0.39, 0.29) is 28.4 Å². The van der Waals surface area contributed by atoms with Crippen LogP contribution in [0.5, 0.6) is 0 Å². The van der Waals surface area contributed by atoms with Crippen molar-refractivity contribution in [3.05, 3.63) is 102 Å². The number of nitrogens with zero attached hydrogens (tertiary/aromatic N) is 3. The van der Waals surface area contributed by atoms with Gasteiger partial charge in [-0.2, -0.15) is 0 Å². The van der Waals surface area contributed by atoms with Crippen LogP contribution in [0.15, 0.2) is 90.0 Å². The third kappa shape index (κ3) is 5.50. The fourth-order valence-electron chi connectivity index (χ4n) is 4.40. The van der Waals surface area contributed by atoms with E-state index in [0.29, 0.717) is 48.5 Å². The number of para-hydroxylation sites is 1. The number of rotatable bonds is 5. The molecule has 3 amide bonds. The molecule has 0 atom stereocenters. The number of carbonyl (C=O) groups is 2. The van der Waals surface area contributed by atoms with Crippen molar-refractivity contribution in [1.29, 1.82) is 0 Å². The van der Waals surface area contributed by atoms with Gasteiger partial charge in [0.05, 0.1) is 16.2 Å². The maximum absolute atomic E-state index is 13.1. The molecule has 1 N–H and O–H groups in total. The first-order valence-electron chi connectivity index (χ1n) is 12.1. The largest absolute Gasteiger partial charge is 0.335 e. The second-order valence-corrected chi connectivity index (χ2v) is 11.0. The van der Waals surface area contributed by atoms with Gasteiger partial charge in [-0.3, -0.25) is 9.78 Å². The third-order valence-corrected chi connectivity index (χ3v) is 8.15. The van der Waals surface area contributed by atoms with E-state index >= 15 is 0 Å². The highest BCUT2D eigenvalue weighted by atomic mass is 32.2. The molecule has 3 aromatic carbocycles. The van der Waals surface area contributed by atoms with E-state index in [1.54, 1.807) is 58.5 Å². The van der Waals surface area contributed by atoms with Crippen molar-refractivity contribution in [2.75, 3.05) is 31.5 Å². The molecule has 4 aromatic rings. The van der Waals surface area contributed by atoms with Crippen molar-refractivity contribution in [3.8, 4) is 0 Å². The fraction of sp³-hybridized carbons (Fsp3) is 0.179. The lowest BCUT2D eigenvalue weighted by atomic mass is 10.1. The Labute approximate surface area is 219 Å². The fourth-order valence-corrected chi connectivity index (χ4v) is 5.94. The van der Waals surface area contributed by atoms with Gasteiger partial charge in [-0.05, 0) is 54.1 Å². The number of hydrogen-bond donors (Lipinski definition) is 1. The lowest BCUT2D eigenvalue weighted by Gasteiger charge is -2.34. The molecule has 8 nitrogen and oxygen atoms in total. The molecule has 0 spiro atoms. The van der Waals surface area contributed by atoms with Crippen LogP contribution in [0.25, 0.3) is 10.9 Å². The summed E-state index contributed by atoms with van der Waals surface area (Å²) in [6.07, 6.45) is 1.57. The SMILES string of the molecule is O=C(Nc1ccc(F)cc1)N1CCN(C(=O)c2ccc(CS(=O)(=O)c3cccc4cccnc34)cc2)CC1. The Morgan fingerprint density at radius 2 is 1.50 bits per heavy atom. The summed E-state index contributed by atoms with van der Waals surface area (Å²) in [5.74, 6) is -0.776.